The SMILES string of the molecule is COc1cccc(CNc2cc(C(=O)NCCCn3ccnc3)cc(S(=O)(=O)N(C)C)c2)c1. The average molecular weight is 472 g/mol. The Labute approximate surface area is 194 Å². The molecule has 0 atom stereocenters. The van der Waals surface area contributed by atoms with Crippen molar-refractivity contribution in [2.75, 3.05) is 33.1 Å². The van der Waals surface area contributed by atoms with E-state index in [9.17, 15) is 13.2 Å². The maximum absolute atomic E-state index is 12.8. The molecular formula is C23H29N5O4S. The van der Waals surface area contributed by atoms with E-state index in [1.165, 1.54) is 26.2 Å². The molecule has 3 rings (SSSR count). The molecule has 0 aliphatic rings. The van der Waals surface area contributed by atoms with Crippen molar-refractivity contribution in [2.45, 2.75) is 24.4 Å². The lowest BCUT2D eigenvalue weighted by molar-refractivity contribution is 0.0952. The number of hydrogen-bond donors (Lipinski definition) is 2. The van der Waals surface area contributed by atoms with Gasteiger partial charge < -0.3 is 19.9 Å². The normalized spacial score (nSPS) is 11.4. The van der Waals surface area contributed by atoms with E-state index in [0.29, 0.717) is 18.8 Å². The summed E-state index contributed by atoms with van der Waals surface area (Å²) >= 11 is 0. The second-order valence-corrected chi connectivity index (χ2v) is 9.80. The third-order valence-electron chi connectivity index (χ3n) is 5.02. The molecule has 3 aromatic rings. The summed E-state index contributed by atoms with van der Waals surface area (Å²) in [6.45, 7) is 1.62. The van der Waals surface area contributed by atoms with E-state index in [1.54, 1.807) is 25.7 Å². The van der Waals surface area contributed by atoms with Crippen LogP contribution < -0.4 is 15.4 Å². The van der Waals surface area contributed by atoms with Crippen LogP contribution in [0, 0.1) is 0 Å². The van der Waals surface area contributed by atoms with Gasteiger partial charge >= 0.3 is 0 Å². The van der Waals surface area contributed by atoms with Crippen LogP contribution in [0.2, 0.25) is 0 Å². The fraction of sp³-hybridized carbons (Fsp3) is 0.304. The van der Waals surface area contributed by atoms with E-state index in [0.717, 1.165) is 28.6 Å². The summed E-state index contributed by atoms with van der Waals surface area (Å²) in [6, 6.07) is 12.1. The van der Waals surface area contributed by atoms with Crippen LogP contribution in [-0.4, -0.2) is 55.9 Å². The van der Waals surface area contributed by atoms with Crippen molar-refractivity contribution in [2.24, 2.45) is 0 Å². The smallest absolute Gasteiger partial charge is 0.251 e. The fourth-order valence-corrected chi connectivity index (χ4v) is 4.14. The summed E-state index contributed by atoms with van der Waals surface area (Å²) < 4.78 is 33.8. The van der Waals surface area contributed by atoms with Crippen LogP contribution in [0.5, 0.6) is 5.75 Å². The number of benzene rings is 2. The second kappa shape index (κ2) is 11.0. The number of anilines is 1. The van der Waals surface area contributed by atoms with Gasteiger partial charge in [0.15, 0.2) is 0 Å². The molecular weight excluding hydrogens is 442 g/mol. The average Bonchev–Trinajstić information content (AvgIpc) is 3.33. The number of carbonyl (C=O) groups excluding carboxylic acids is 1. The maximum Gasteiger partial charge on any atom is 0.251 e. The number of nitrogens with zero attached hydrogens (tertiary/aromatic N) is 3. The van der Waals surface area contributed by atoms with Gasteiger partial charge in [-0.2, -0.15) is 0 Å². The molecule has 0 radical (unpaired) electrons. The van der Waals surface area contributed by atoms with Gasteiger partial charge in [-0.25, -0.2) is 17.7 Å². The molecule has 2 aromatic carbocycles. The number of aryl methyl sites for hydroxylation is 1. The van der Waals surface area contributed by atoms with Gasteiger partial charge in [-0.05, 0) is 42.3 Å². The molecule has 0 aliphatic heterocycles. The van der Waals surface area contributed by atoms with Gasteiger partial charge in [-0.3, -0.25) is 4.79 Å². The van der Waals surface area contributed by atoms with Gasteiger partial charge in [0.2, 0.25) is 10.0 Å². The van der Waals surface area contributed by atoms with Gasteiger partial charge in [0.25, 0.3) is 5.91 Å². The van der Waals surface area contributed by atoms with Crippen LogP contribution >= 0.6 is 0 Å². The van der Waals surface area contributed by atoms with Crippen molar-refractivity contribution in [1.82, 2.24) is 19.2 Å². The van der Waals surface area contributed by atoms with Gasteiger partial charge in [-0.15, -0.1) is 0 Å². The van der Waals surface area contributed by atoms with E-state index in [2.05, 4.69) is 15.6 Å². The lowest BCUT2D eigenvalue weighted by Gasteiger charge is -2.15. The Hall–Kier alpha value is -3.37. The Morgan fingerprint density at radius 2 is 2.00 bits per heavy atom. The largest absolute Gasteiger partial charge is 0.497 e. The third-order valence-corrected chi connectivity index (χ3v) is 6.81. The van der Waals surface area contributed by atoms with E-state index in [-0.39, 0.29) is 16.4 Å². The zero-order chi connectivity index (χ0) is 23.8. The van der Waals surface area contributed by atoms with Gasteiger partial charge in [-0.1, -0.05) is 12.1 Å². The number of aromatic nitrogens is 2. The van der Waals surface area contributed by atoms with Gasteiger partial charge in [0, 0.05) is 57.4 Å². The Kier molecular flexibility index (Phi) is 8.07. The Balaban J connectivity index is 1.75. The molecule has 0 fully saturated rings. The first-order valence-corrected chi connectivity index (χ1v) is 11.9. The lowest BCUT2D eigenvalue weighted by atomic mass is 10.1. The number of rotatable bonds is 11. The summed E-state index contributed by atoms with van der Waals surface area (Å²) in [5.74, 6) is 0.398. The summed E-state index contributed by atoms with van der Waals surface area (Å²) in [5.41, 5.74) is 1.76. The van der Waals surface area contributed by atoms with Crippen molar-refractivity contribution in [1.29, 1.82) is 0 Å². The van der Waals surface area contributed by atoms with E-state index in [4.69, 9.17) is 4.74 Å². The second-order valence-electron chi connectivity index (χ2n) is 7.65. The zero-order valence-corrected chi connectivity index (χ0v) is 19.8. The maximum atomic E-state index is 12.8. The predicted octanol–water partition coefficient (Wildman–Crippen LogP) is 2.57. The number of nitrogens with one attached hydrogen (secondary N) is 2. The highest BCUT2D eigenvalue weighted by molar-refractivity contribution is 7.89. The molecule has 176 valence electrons. The number of methoxy groups -OCH3 is 1. The highest BCUT2D eigenvalue weighted by Gasteiger charge is 2.20. The number of imidazole rings is 1. The first-order chi connectivity index (χ1) is 15.8. The van der Waals surface area contributed by atoms with E-state index >= 15 is 0 Å². The van der Waals surface area contributed by atoms with Crippen LogP contribution in [-0.2, 0) is 23.1 Å². The van der Waals surface area contributed by atoms with Crippen LogP contribution in [0.3, 0.4) is 0 Å². The molecule has 10 heteroatoms. The monoisotopic (exact) mass is 471 g/mol. The number of sulfonamides is 1. The van der Waals surface area contributed by atoms with Crippen molar-refractivity contribution in [3.8, 4) is 5.75 Å². The molecule has 0 spiro atoms. The van der Waals surface area contributed by atoms with E-state index in [1.807, 2.05) is 35.0 Å². The molecule has 0 aliphatic carbocycles. The first kappa shape index (κ1) is 24.3. The minimum Gasteiger partial charge on any atom is -0.497 e. The molecule has 0 bridgehead atoms. The standard InChI is InChI=1S/C23H29N5O4S/c1-27(2)33(30,31)22-14-19(23(29)25-8-5-10-28-11-9-24-17-28)13-20(15-22)26-16-18-6-4-7-21(12-18)32-3/h4,6-7,9,11-15,17,26H,5,8,10,16H2,1-3H3,(H,25,29). The Bertz CT molecular complexity index is 1180. The molecule has 33 heavy (non-hydrogen) atoms. The minimum atomic E-state index is -3.72. The van der Waals surface area contributed by atoms with Crippen molar-refractivity contribution < 1.29 is 17.9 Å². The van der Waals surface area contributed by atoms with Crippen molar-refractivity contribution in [3.05, 3.63) is 72.3 Å². The summed E-state index contributed by atoms with van der Waals surface area (Å²) in [4.78, 5) is 16.8. The number of hydrogen-bond acceptors (Lipinski definition) is 6. The third kappa shape index (κ3) is 6.56. The molecule has 0 saturated carbocycles. The Morgan fingerprint density at radius 1 is 1.18 bits per heavy atom. The summed E-state index contributed by atoms with van der Waals surface area (Å²) in [6.07, 6.45) is 6.00. The molecule has 1 amide bonds. The molecule has 1 aromatic heterocycles. The number of amides is 1. The van der Waals surface area contributed by atoms with Crippen LogP contribution in [0.1, 0.15) is 22.3 Å². The molecule has 9 nitrogen and oxygen atoms in total. The minimum absolute atomic E-state index is 0.0479. The number of ether oxygens (including phenoxy) is 1. The predicted molar refractivity (Wildman–Crippen MR) is 127 cm³/mol. The molecule has 2 N–H and O–H groups in total. The molecule has 0 saturated heterocycles. The van der Waals surface area contributed by atoms with Crippen molar-refractivity contribution >= 4 is 21.6 Å². The van der Waals surface area contributed by atoms with Crippen LogP contribution in [0.4, 0.5) is 5.69 Å². The summed E-state index contributed by atoms with van der Waals surface area (Å²) in [7, 11) is 0.799. The zero-order valence-electron chi connectivity index (χ0n) is 19.0. The molecule has 1 heterocycles. The molecule has 0 unspecified atom stereocenters. The Morgan fingerprint density at radius 3 is 2.70 bits per heavy atom. The van der Waals surface area contributed by atoms with Crippen LogP contribution in [0.25, 0.3) is 0 Å². The quantitative estimate of drug-likeness (QED) is 0.417. The highest BCUT2D eigenvalue weighted by atomic mass is 32.2. The highest BCUT2D eigenvalue weighted by Crippen LogP contribution is 2.22. The lowest BCUT2D eigenvalue weighted by Crippen LogP contribution is -2.26. The van der Waals surface area contributed by atoms with E-state index < -0.39 is 10.0 Å². The topological polar surface area (TPSA) is 106 Å². The van der Waals surface area contributed by atoms with Gasteiger partial charge in [0.1, 0.15) is 5.75 Å². The first-order valence-electron chi connectivity index (χ1n) is 10.5. The number of carbonyl (C=O) groups is 1. The van der Waals surface area contributed by atoms with Crippen molar-refractivity contribution in [3.63, 3.8) is 0 Å². The van der Waals surface area contributed by atoms with Gasteiger partial charge in [0.05, 0.1) is 18.3 Å². The van der Waals surface area contributed by atoms with Crippen LogP contribution in [0.15, 0.2) is 66.1 Å². The summed E-state index contributed by atoms with van der Waals surface area (Å²) in [5, 5.41) is 6.08. The fourth-order valence-electron chi connectivity index (χ4n) is 3.16.